The van der Waals surface area contributed by atoms with Crippen LogP contribution in [0.25, 0.3) is 22.3 Å². The summed E-state index contributed by atoms with van der Waals surface area (Å²) in [5.74, 6) is 0.311. The van der Waals surface area contributed by atoms with Crippen LogP contribution in [0.5, 0.6) is 0 Å². The highest BCUT2D eigenvalue weighted by molar-refractivity contribution is 6.30. The van der Waals surface area contributed by atoms with Crippen LogP contribution in [0.1, 0.15) is 24.2 Å². The van der Waals surface area contributed by atoms with Gasteiger partial charge in [-0.05, 0) is 43.3 Å². The number of nitrogens with zero attached hydrogens (tertiary/aromatic N) is 2. The molecule has 0 fully saturated rings. The highest BCUT2D eigenvalue weighted by atomic mass is 35.5. The molecule has 7 heteroatoms. The van der Waals surface area contributed by atoms with Gasteiger partial charge in [0.1, 0.15) is 0 Å². The van der Waals surface area contributed by atoms with Gasteiger partial charge in [0.15, 0.2) is 5.82 Å². The number of aromatic nitrogens is 2. The van der Waals surface area contributed by atoms with Crippen molar-refractivity contribution in [2.24, 2.45) is 5.73 Å². The van der Waals surface area contributed by atoms with Gasteiger partial charge in [0, 0.05) is 22.0 Å². The first-order chi connectivity index (χ1) is 11.3. The van der Waals surface area contributed by atoms with Crippen LogP contribution in [0.4, 0.5) is 13.2 Å². The summed E-state index contributed by atoms with van der Waals surface area (Å²) < 4.78 is 38.9. The first kappa shape index (κ1) is 16.7. The number of hydrogen-bond acceptors (Lipinski definition) is 3. The molecule has 0 saturated heterocycles. The molecule has 2 aromatic carbocycles. The van der Waals surface area contributed by atoms with Crippen LogP contribution < -0.4 is 5.73 Å². The van der Waals surface area contributed by atoms with Crippen LogP contribution in [0.15, 0.2) is 42.5 Å². The van der Waals surface area contributed by atoms with E-state index in [1.165, 1.54) is 6.07 Å². The van der Waals surface area contributed by atoms with Crippen molar-refractivity contribution in [3.05, 3.63) is 58.7 Å². The molecule has 0 aliphatic rings. The predicted octanol–water partition coefficient (Wildman–Crippen LogP) is 4.99. The second kappa shape index (κ2) is 6.03. The first-order valence-corrected chi connectivity index (χ1v) is 7.54. The first-order valence-electron chi connectivity index (χ1n) is 7.16. The van der Waals surface area contributed by atoms with Gasteiger partial charge in [-0.15, -0.1) is 0 Å². The summed E-state index contributed by atoms with van der Waals surface area (Å²) in [6, 6.07) is 9.71. The molecule has 2 N–H and O–H groups in total. The van der Waals surface area contributed by atoms with E-state index in [2.05, 4.69) is 9.97 Å². The molecule has 1 unspecified atom stereocenters. The molecule has 124 valence electrons. The highest BCUT2D eigenvalue weighted by Gasteiger charge is 2.31. The molecule has 3 nitrogen and oxygen atoms in total. The third-order valence-corrected chi connectivity index (χ3v) is 3.84. The minimum absolute atomic E-state index is 0.206. The van der Waals surface area contributed by atoms with Crippen LogP contribution in [0.2, 0.25) is 5.02 Å². The lowest BCUT2D eigenvalue weighted by atomic mass is 10.1. The topological polar surface area (TPSA) is 51.8 Å². The molecule has 0 spiro atoms. The van der Waals surface area contributed by atoms with E-state index in [9.17, 15) is 13.2 Å². The molecule has 0 bridgehead atoms. The number of rotatable bonds is 2. The predicted molar refractivity (Wildman–Crippen MR) is 87.6 cm³/mol. The van der Waals surface area contributed by atoms with E-state index in [0.29, 0.717) is 27.5 Å². The number of fused-ring (bicyclic) bond motifs is 1. The van der Waals surface area contributed by atoms with Gasteiger partial charge in [-0.25, -0.2) is 9.97 Å². The smallest absolute Gasteiger partial charge is 0.323 e. The van der Waals surface area contributed by atoms with Gasteiger partial charge in [-0.1, -0.05) is 17.7 Å². The Morgan fingerprint density at radius 2 is 1.71 bits per heavy atom. The fraction of sp³-hybridized carbons (Fsp3) is 0.176. The van der Waals surface area contributed by atoms with E-state index in [-0.39, 0.29) is 5.52 Å². The molecule has 1 atom stereocenters. The zero-order valence-electron chi connectivity index (χ0n) is 12.6. The van der Waals surface area contributed by atoms with Crippen molar-refractivity contribution in [3.63, 3.8) is 0 Å². The van der Waals surface area contributed by atoms with Crippen LogP contribution in [0.3, 0.4) is 0 Å². The van der Waals surface area contributed by atoms with E-state index < -0.39 is 17.8 Å². The maximum absolute atomic E-state index is 13.0. The molecule has 0 saturated carbocycles. The molecular weight excluding hydrogens is 339 g/mol. The summed E-state index contributed by atoms with van der Waals surface area (Å²) in [6.07, 6.45) is -4.44. The van der Waals surface area contributed by atoms with Gasteiger partial charge in [0.25, 0.3) is 0 Å². The fourth-order valence-corrected chi connectivity index (χ4v) is 2.53. The number of alkyl halides is 3. The molecule has 3 rings (SSSR count). The molecule has 0 amide bonds. The third-order valence-electron chi connectivity index (χ3n) is 3.59. The summed E-state index contributed by atoms with van der Waals surface area (Å²) in [5.41, 5.74) is 6.54. The van der Waals surface area contributed by atoms with Crippen LogP contribution >= 0.6 is 11.6 Å². The highest BCUT2D eigenvalue weighted by Crippen LogP contribution is 2.33. The van der Waals surface area contributed by atoms with Crippen LogP contribution in [-0.4, -0.2) is 9.97 Å². The molecule has 0 radical (unpaired) electrons. The minimum Gasteiger partial charge on any atom is -0.323 e. The Kier molecular flexibility index (Phi) is 4.19. The second-order valence-electron chi connectivity index (χ2n) is 5.46. The Morgan fingerprint density at radius 1 is 1.04 bits per heavy atom. The molecular formula is C17H13ClF3N3. The Bertz CT molecular complexity index is 890. The lowest BCUT2D eigenvalue weighted by molar-refractivity contribution is -0.137. The van der Waals surface area contributed by atoms with Crippen LogP contribution in [-0.2, 0) is 6.18 Å². The number of hydrogen-bond donors (Lipinski definition) is 1. The lowest BCUT2D eigenvalue weighted by Crippen LogP contribution is -2.11. The van der Waals surface area contributed by atoms with E-state index in [1.54, 1.807) is 31.2 Å². The maximum atomic E-state index is 13.0. The van der Waals surface area contributed by atoms with Crippen molar-refractivity contribution in [2.45, 2.75) is 19.1 Å². The van der Waals surface area contributed by atoms with Gasteiger partial charge in [-0.2, -0.15) is 13.2 Å². The monoisotopic (exact) mass is 351 g/mol. The van der Waals surface area contributed by atoms with Crippen molar-refractivity contribution < 1.29 is 13.2 Å². The average molecular weight is 352 g/mol. The number of benzene rings is 2. The summed E-state index contributed by atoms with van der Waals surface area (Å²) >= 11 is 5.86. The number of halogens is 4. The Hall–Kier alpha value is -2.18. The van der Waals surface area contributed by atoms with Gasteiger partial charge in [-0.3, -0.25) is 0 Å². The van der Waals surface area contributed by atoms with E-state index >= 15 is 0 Å². The van der Waals surface area contributed by atoms with Gasteiger partial charge in [0.05, 0.1) is 16.8 Å². The lowest BCUT2D eigenvalue weighted by Gasteiger charge is -2.13. The van der Waals surface area contributed by atoms with E-state index in [4.69, 9.17) is 17.3 Å². The van der Waals surface area contributed by atoms with Gasteiger partial charge in [0.2, 0.25) is 0 Å². The van der Waals surface area contributed by atoms with E-state index in [0.717, 1.165) is 12.1 Å². The molecule has 3 aromatic rings. The average Bonchev–Trinajstić information content (AvgIpc) is 2.53. The fourth-order valence-electron chi connectivity index (χ4n) is 2.41. The molecule has 24 heavy (non-hydrogen) atoms. The second-order valence-corrected chi connectivity index (χ2v) is 5.89. The normalized spacial score (nSPS) is 13.2. The Balaban J connectivity index is 2.25. The zero-order valence-corrected chi connectivity index (χ0v) is 13.4. The summed E-state index contributed by atoms with van der Waals surface area (Å²) in [7, 11) is 0. The summed E-state index contributed by atoms with van der Waals surface area (Å²) in [4.78, 5) is 8.71. The van der Waals surface area contributed by atoms with Crippen molar-refractivity contribution in [2.75, 3.05) is 0 Å². The van der Waals surface area contributed by atoms with Crippen molar-refractivity contribution in [1.82, 2.24) is 9.97 Å². The maximum Gasteiger partial charge on any atom is 0.416 e. The third kappa shape index (κ3) is 3.20. The molecule has 0 aliphatic carbocycles. The van der Waals surface area contributed by atoms with Crippen LogP contribution in [0, 0.1) is 0 Å². The Labute approximate surface area is 141 Å². The minimum atomic E-state index is -4.44. The van der Waals surface area contributed by atoms with E-state index in [1.807, 2.05) is 0 Å². The zero-order chi connectivity index (χ0) is 17.5. The largest absolute Gasteiger partial charge is 0.416 e. The van der Waals surface area contributed by atoms with Gasteiger partial charge >= 0.3 is 6.18 Å². The molecule has 1 heterocycles. The van der Waals surface area contributed by atoms with Crippen molar-refractivity contribution >= 4 is 22.5 Å². The number of nitrogens with two attached hydrogens (primary N) is 1. The van der Waals surface area contributed by atoms with Gasteiger partial charge < -0.3 is 5.73 Å². The quantitative estimate of drug-likeness (QED) is 0.707. The summed E-state index contributed by atoms with van der Waals surface area (Å²) in [6.45, 7) is 1.73. The molecule has 0 aliphatic heterocycles. The van der Waals surface area contributed by atoms with Crippen molar-refractivity contribution in [1.29, 1.82) is 0 Å². The summed E-state index contributed by atoms with van der Waals surface area (Å²) in [5, 5.41) is 1.06. The molecule has 1 aromatic heterocycles. The Morgan fingerprint density at radius 3 is 2.29 bits per heavy atom. The SMILES string of the molecule is CC(N)c1nc(-c2ccc(Cl)cc2)nc2cc(C(F)(F)F)ccc12. The standard InChI is InChI=1S/C17H13ClF3N3/c1-9(22)15-13-7-4-11(17(19,20)21)8-14(13)23-16(24-15)10-2-5-12(18)6-3-10/h2-9H,22H2,1H3. The van der Waals surface area contributed by atoms with Crippen molar-refractivity contribution in [3.8, 4) is 11.4 Å².